The molecule has 2 fully saturated rings. The minimum atomic E-state index is -3.92. The number of pyridine rings is 1. The summed E-state index contributed by atoms with van der Waals surface area (Å²) < 4.78 is 45.6. The highest BCUT2D eigenvalue weighted by atomic mass is 32.2. The van der Waals surface area contributed by atoms with Gasteiger partial charge in [-0.2, -0.15) is 0 Å². The van der Waals surface area contributed by atoms with E-state index in [2.05, 4.69) is 26.9 Å². The largest absolute Gasteiger partial charge is 0.496 e. The van der Waals surface area contributed by atoms with Crippen molar-refractivity contribution in [1.82, 2.24) is 25.2 Å². The van der Waals surface area contributed by atoms with Crippen LogP contribution in [0.3, 0.4) is 0 Å². The van der Waals surface area contributed by atoms with Gasteiger partial charge in [-0.15, -0.1) is 6.58 Å². The molecule has 5 rings (SSSR count). The molecule has 2 aliphatic heterocycles. The van der Waals surface area contributed by atoms with Crippen molar-refractivity contribution in [2.45, 2.75) is 122 Å². The Balaban J connectivity index is 1.53. The van der Waals surface area contributed by atoms with Gasteiger partial charge in [0, 0.05) is 23.9 Å². The summed E-state index contributed by atoms with van der Waals surface area (Å²) in [7, 11) is -2.29. The minimum Gasteiger partial charge on any atom is -0.496 e. The number of aromatic nitrogens is 1. The highest BCUT2D eigenvalue weighted by Gasteiger charge is 2.47. The fraction of sp³-hybridized carbons (Fsp3) is 0.625. The Hall–Kier alpha value is -4.40. The maximum Gasteiger partial charge on any atom is 0.407 e. The Kier molecular flexibility index (Phi) is 12.7. The lowest BCUT2D eigenvalue weighted by atomic mass is 9.85. The first-order valence-electron chi connectivity index (χ1n) is 19.2. The number of amides is 4. The van der Waals surface area contributed by atoms with Gasteiger partial charge in [-0.25, -0.2) is 18.2 Å². The SMILES string of the molecule is C=C[C@@H](CC)C(NC(=O)[C@@H]1C[C@@H]2CN1C(=O)[C@H](C(C)(C)C)NC(=O)OCC(C)(C)CCCCc1cc3c(nccc3cc1OC)O2)C(=O)NS(=O)(=O)C1CC1. The van der Waals surface area contributed by atoms with Gasteiger partial charge in [0.2, 0.25) is 27.7 Å². The molecule has 4 bridgehead atoms. The van der Waals surface area contributed by atoms with Crippen LogP contribution in [-0.2, 0) is 35.6 Å². The normalized spacial score (nSPS) is 23.5. The average Bonchev–Trinajstić information content (AvgIpc) is 3.91. The molecule has 1 saturated heterocycles. The van der Waals surface area contributed by atoms with Gasteiger partial charge < -0.3 is 29.7 Å². The van der Waals surface area contributed by atoms with Gasteiger partial charge in [-0.05, 0) is 78.5 Å². The summed E-state index contributed by atoms with van der Waals surface area (Å²) in [5.41, 5.74) is -0.172. The summed E-state index contributed by atoms with van der Waals surface area (Å²) in [6.45, 7) is 15.2. The number of cyclic esters (lactones) is 1. The predicted molar refractivity (Wildman–Crippen MR) is 208 cm³/mol. The lowest BCUT2D eigenvalue weighted by Crippen LogP contribution is -2.60. The number of alkyl carbamates (subject to hydrolysis) is 1. The van der Waals surface area contributed by atoms with Crippen molar-refractivity contribution in [3.63, 3.8) is 0 Å². The molecule has 0 radical (unpaired) electrons. The highest BCUT2D eigenvalue weighted by Crippen LogP contribution is 2.35. The number of nitrogens with one attached hydrogen (secondary N) is 3. The fourth-order valence-electron chi connectivity index (χ4n) is 7.28. The van der Waals surface area contributed by atoms with E-state index in [0.717, 1.165) is 47.8 Å². The molecule has 302 valence electrons. The Morgan fingerprint density at radius 1 is 1.20 bits per heavy atom. The van der Waals surface area contributed by atoms with Crippen LogP contribution in [0.25, 0.3) is 10.8 Å². The number of methoxy groups -OCH3 is 1. The molecule has 4 amide bonds. The number of rotatable bonds is 9. The van der Waals surface area contributed by atoms with Gasteiger partial charge in [-0.3, -0.25) is 19.1 Å². The van der Waals surface area contributed by atoms with E-state index in [-0.39, 0.29) is 25.0 Å². The highest BCUT2D eigenvalue weighted by molar-refractivity contribution is 7.90. The summed E-state index contributed by atoms with van der Waals surface area (Å²) in [6, 6.07) is 2.27. The number of hydrogen-bond acceptors (Lipinski definition) is 10. The fourth-order valence-corrected chi connectivity index (χ4v) is 8.61. The average molecular weight is 784 g/mol. The number of fused-ring (bicyclic) bond motifs is 3. The van der Waals surface area contributed by atoms with Crippen LogP contribution in [0.5, 0.6) is 11.6 Å². The minimum absolute atomic E-state index is 0.0216. The third kappa shape index (κ3) is 10.1. The Morgan fingerprint density at radius 3 is 2.56 bits per heavy atom. The molecule has 1 unspecified atom stereocenters. The number of aryl methyl sites for hydroxylation is 1. The zero-order chi connectivity index (χ0) is 40.3. The summed E-state index contributed by atoms with van der Waals surface area (Å²) in [4.78, 5) is 61.8. The summed E-state index contributed by atoms with van der Waals surface area (Å²) in [5.74, 6) is -1.65. The zero-order valence-corrected chi connectivity index (χ0v) is 33.9. The molecule has 2 aromatic rings. The summed E-state index contributed by atoms with van der Waals surface area (Å²) >= 11 is 0. The van der Waals surface area contributed by atoms with E-state index in [1.807, 2.05) is 32.0 Å². The molecule has 15 heteroatoms. The van der Waals surface area contributed by atoms with Gasteiger partial charge in [0.25, 0.3) is 5.91 Å². The maximum absolute atomic E-state index is 14.6. The molecule has 55 heavy (non-hydrogen) atoms. The molecule has 1 saturated carbocycles. The van der Waals surface area contributed by atoms with Gasteiger partial charge >= 0.3 is 6.09 Å². The van der Waals surface area contributed by atoms with Gasteiger partial charge in [0.1, 0.15) is 30.0 Å². The third-order valence-corrected chi connectivity index (χ3v) is 12.6. The van der Waals surface area contributed by atoms with Crippen LogP contribution < -0.4 is 24.8 Å². The Labute approximate surface area is 324 Å². The zero-order valence-electron chi connectivity index (χ0n) is 33.1. The third-order valence-electron chi connectivity index (χ3n) is 10.8. The van der Waals surface area contributed by atoms with E-state index in [1.54, 1.807) is 41.0 Å². The molecule has 3 heterocycles. The van der Waals surface area contributed by atoms with Crippen LogP contribution in [0.2, 0.25) is 0 Å². The molecule has 3 aliphatic rings. The molecule has 1 aliphatic carbocycles. The molecule has 0 spiro atoms. The first kappa shape index (κ1) is 41.8. The quantitative estimate of drug-likeness (QED) is 0.299. The monoisotopic (exact) mass is 783 g/mol. The molecule has 1 aromatic carbocycles. The van der Waals surface area contributed by atoms with Gasteiger partial charge in [0.15, 0.2) is 0 Å². The number of hydrogen-bond donors (Lipinski definition) is 3. The van der Waals surface area contributed by atoms with Crippen LogP contribution in [0.4, 0.5) is 4.79 Å². The van der Waals surface area contributed by atoms with Gasteiger partial charge in [0.05, 0.1) is 25.5 Å². The van der Waals surface area contributed by atoms with Gasteiger partial charge in [-0.1, -0.05) is 54.0 Å². The standard InChI is InChI=1S/C40H57N5O9S/c1-9-24(10-2)32(35(47)44-55(50,51)28-14-15-28)42-34(46)30-21-27-22-45(30)37(48)33(39(3,4)5)43-38(49)53-23-40(6,7)17-12-11-13-26-19-29-25(20-31(26)52-8)16-18-41-36(29)54-27/h9,16,18-20,24,27-28,30,32-33H,1,10-15,17,21-23H2,2-8H3,(H,42,46)(H,43,49)(H,44,47)/t24-,27+,30-,32?,33+/m0/s1. The van der Waals surface area contributed by atoms with E-state index in [1.165, 1.54) is 11.0 Å². The van der Waals surface area contributed by atoms with Crippen LogP contribution in [0.1, 0.15) is 92.1 Å². The van der Waals surface area contributed by atoms with Crippen LogP contribution in [0, 0.1) is 16.7 Å². The molecule has 5 atom stereocenters. The predicted octanol–water partition coefficient (Wildman–Crippen LogP) is 4.79. The van der Waals surface area contributed by atoms with E-state index < -0.39 is 74.7 Å². The molecule has 1 aromatic heterocycles. The number of carbonyl (C=O) groups excluding carboxylic acids is 4. The second-order valence-corrected chi connectivity index (χ2v) is 18.8. The van der Waals surface area contributed by atoms with Crippen molar-refractivity contribution in [3.8, 4) is 11.6 Å². The lowest BCUT2D eigenvalue weighted by Gasteiger charge is -2.35. The van der Waals surface area contributed by atoms with Crippen molar-refractivity contribution in [2.24, 2.45) is 16.7 Å². The van der Waals surface area contributed by atoms with Crippen LogP contribution in [0.15, 0.2) is 37.1 Å². The number of sulfonamides is 1. The second kappa shape index (κ2) is 16.8. The topological polar surface area (TPSA) is 182 Å². The smallest absolute Gasteiger partial charge is 0.407 e. The van der Waals surface area contributed by atoms with Crippen molar-refractivity contribution < 1.29 is 41.8 Å². The second-order valence-electron chi connectivity index (χ2n) is 16.9. The van der Waals surface area contributed by atoms with E-state index in [4.69, 9.17) is 14.2 Å². The van der Waals surface area contributed by atoms with Crippen LogP contribution >= 0.6 is 0 Å². The lowest BCUT2D eigenvalue weighted by molar-refractivity contribution is -0.142. The number of carbonyl (C=O) groups is 4. The number of ether oxygens (including phenoxy) is 3. The summed E-state index contributed by atoms with van der Waals surface area (Å²) in [6.07, 6.45) is 6.20. The molecular formula is C40H57N5O9S. The van der Waals surface area contributed by atoms with Crippen LogP contribution in [-0.4, -0.2) is 91.9 Å². The molecule has 14 nitrogen and oxygen atoms in total. The van der Waals surface area contributed by atoms with Crippen molar-refractivity contribution in [3.05, 3.63) is 42.6 Å². The molecule has 3 N–H and O–H groups in total. The Morgan fingerprint density at radius 2 is 1.93 bits per heavy atom. The molecular weight excluding hydrogens is 727 g/mol. The number of nitrogens with zero attached hydrogens (tertiary/aromatic N) is 2. The summed E-state index contributed by atoms with van der Waals surface area (Å²) in [5, 5.41) is 6.48. The van der Waals surface area contributed by atoms with Crippen molar-refractivity contribution >= 4 is 44.6 Å². The number of benzene rings is 1. The van der Waals surface area contributed by atoms with E-state index in [0.29, 0.717) is 25.1 Å². The van der Waals surface area contributed by atoms with E-state index >= 15 is 0 Å². The first-order valence-corrected chi connectivity index (χ1v) is 20.8. The van der Waals surface area contributed by atoms with Crippen molar-refractivity contribution in [2.75, 3.05) is 20.3 Å². The van der Waals surface area contributed by atoms with E-state index in [9.17, 15) is 27.6 Å². The Bertz CT molecular complexity index is 1890. The maximum atomic E-state index is 14.6. The van der Waals surface area contributed by atoms with Crippen molar-refractivity contribution in [1.29, 1.82) is 0 Å². The first-order chi connectivity index (χ1) is 25.9.